The number of rotatable bonds is 6. The zero-order valence-corrected chi connectivity index (χ0v) is 14.1. The standard InChI is InChI=1S/C16H23N5O3/c1-12-18-15(24-19-12)10-23-11-16(22)21-6-3-4-13(9-21)8-14-17-5-7-20(14)2/h5,7,13H,3-4,6,8-11H2,1-2H3. The molecule has 1 amide bonds. The normalized spacial score (nSPS) is 18.1. The number of aromatic nitrogens is 4. The Hall–Kier alpha value is -2.22. The zero-order valence-electron chi connectivity index (χ0n) is 14.1. The van der Waals surface area contributed by atoms with Crippen LogP contribution in [0.25, 0.3) is 0 Å². The topological polar surface area (TPSA) is 86.3 Å². The Labute approximate surface area is 140 Å². The van der Waals surface area contributed by atoms with Crippen molar-refractivity contribution in [3.63, 3.8) is 0 Å². The van der Waals surface area contributed by atoms with Crippen molar-refractivity contribution in [1.82, 2.24) is 24.6 Å². The van der Waals surface area contributed by atoms with E-state index >= 15 is 0 Å². The van der Waals surface area contributed by atoms with Gasteiger partial charge in [0.15, 0.2) is 5.82 Å². The van der Waals surface area contributed by atoms with Gasteiger partial charge in [-0.3, -0.25) is 4.79 Å². The van der Waals surface area contributed by atoms with Gasteiger partial charge >= 0.3 is 0 Å². The molecule has 1 fully saturated rings. The van der Waals surface area contributed by atoms with Gasteiger partial charge in [-0.1, -0.05) is 5.16 Å². The number of hydrogen-bond donors (Lipinski definition) is 0. The maximum atomic E-state index is 12.3. The van der Waals surface area contributed by atoms with Crippen LogP contribution in [0.15, 0.2) is 16.9 Å². The first kappa shape index (κ1) is 16.6. The molecular formula is C16H23N5O3. The van der Waals surface area contributed by atoms with Crippen LogP contribution < -0.4 is 0 Å². The first-order valence-corrected chi connectivity index (χ1v) is 8.22. The number of amides is 1. The van der Waals surface area contributed by atoms with Crippen molar-refractivity contribution in [2.45, 2.75) is 32.8 Å². The van der Waals surface area contributed by atoms with Crippen molar-refractivity contribution in [3.05, 3.63) is 29.9 Å². The summed E-state index contributed by atoms with van der Waals surface area (Å²) >= 11 is 0. The lowest BCUT2D eigenvalue weighted by molar-refractivity contribution is -0.138. The Morgan fingerprint density at radius 3 is 3.08 bits per heavy atom. The maximum Gasteiger partial charge on any atom is 0.252 e. The van der Waals surface area contributed by atoms with Crippen molar-refractivity contribution in [2.75, 3.05) is 19.7 Å². The van der Waals surface area contributed by atoms with Crippen LogP contribution in [0.5, 0.6) is 0 Å². The van der Waals surface area contributed by atoms with E-state index in [0.717, 1.165) is 38.2 Å². The Kier molecular flexibility index (Phi) is 5.24. The number of nitrogens with zero attached hydrogens (tertiary/aromatic N) is 5. The molecule has 1 saturated heterocycles. The van der Waals surface area contributed by atoms with Gasteiger partial charge in [-0.15, -0.1) is 0 Å². The van der Waals surface area contributed by atoms with Crippen molar-refractivity contribution < 1.29 is 14.1 Å². The number of carbonyl (C=O) groups is 1. The molecule has 1 aliphatic heterocycles. The van der Waals surface area contributed by atoms with Crippen LogP contribution in [-0.2, 0) is 29.6 Å². The smallest absolute Gasteiger partial charge is 0.252 e. The summed E-state index contributed by atoms with van der Waals surface area (Å²) in [5.74, 6) is 2.48. The number of ether oxygens (including phenoxy) is 1. The van der Waals surface area contributed by atoms with E-state index in [1.54, 1.807) is 6.92 Å². The third kappa shape index (κ3) is 4.19. The van der Waals surface area contributed by atoms with Crippen molar-refractivity contribution in [1.29, 1.82) is 0 Å². The summed E-state index contributed by atoms with van der Waals surface area (Å²) in [5.41, 5.74) is 0. The van der Waals surface area contributed by atoms with Gasteiger partial charge in [-0.2, -0.15) is 4.98 Å². The fraction of sp³-hybridized carbons (Fsp3) is 0.625. The molecule has 1 unspecified atom stereocenters. The van der Waals surface area contributed by atoms with E-state index in [1.165, 1.54) is 0 Å². The first-order valence-electron chi connectivity index (χ1n) is 8.22. The number of imidazole rings is 1. The Morgan fingerprint density at radius 2 is 2.38 bits per heavy atom. The largest absolute Gasteiger partial charge is 0.362 e. The molecule has 3 rings (SSSR count). The predicted molar refractivity (Wildman–Crippen MR) is 84.9 cm³/mol. The maximum absolute atomic E-state index is 12.3. The van der Waals surface area contributed by atoms with Crippen LogP contribution in [0.4, 0.5) is 0 Å². The highest BCUT2D eigenvalue weighted by atomic mass is 16.5. The van der Waals surface area contributed by atoms with Gasteiger partial charge in [0.2, 0.25) is 5.91 Å². The highest BCUT2D eigenvalue weighted by molar-refractivity contribution is 5.77. The minimum atomic E-state index is 0.00998. The summed E-state index contributed by atoms with van der Waals surface area (Å²) in [7, 11) is 2.00. The predicted octanol–water partition coefficient (Wildman–Crippen LogP) is 1.11. The summed E-state index contributed by atoms with van der Waals surface area (Å²) in [6.07, 6.45) is 6.81. The molecule has 8 heteroatoms. The second-order valence-corrected chi connectivity index (χ2v) is 6.23. The monoisotopic (exact) mass is 333 g/mol. The SMILES string of the molecule is Cc1noc(COCC(=O)N2CCCC(Cc3nccn3C)C2)n1. The second-order valence-electron chi connectivity index (χ2n) is 6.23. The number of aryl methyl sites for hydroxylation is 2. The number of carbonyl (C=O) groups excluding carboxylic acids is 1. The molecule has 24 heavy (non-hydrogen) atoms. The Bertz CT molecular complexity index is 681. The van der Waals surface area contributed by atoms with Crippen molar-refractivity contribution in [3.8, 4) is 0 Å². The third-order valence-electron chi connectivity index (χ3n) is 4.28. The lowest BCUT2D eigenvalue weighted by Gasteiger charge is -2.32. The van der Waals surface area contributed by atoms with Gasteiger partial charge in [0.1, 0.15) is 19.0 Å². The molecule has 0 aromatic carbocycles. The van der Waals surface area contributed by atoms with Gasteiger partial charge in [-0.05, 0) is 25.7 Å². The molecule has 2 aromatic rings. The first-order chi connectivity index (χ1) is 11.6. The van der Waals surface area contributed by atoms with E-state index in [-0.39, 0.29) is 19.1 Å². The van der Waals surface area contributed by atoms with E-state index in [1.807, 2.05) is 28.9 Å². The van der Waals surface area contributed by atoms with Crippen LogP contribution in [0.3, 0.4) is 0 Å². The lowest BCUT2D eigenvalue weighted by atomic mass is 9.94. The molecule has 1 atom stereocenters. The quantitative estimate of drug-likeness (QED) is 0.787. The average Bonchev–Trinajstić information content (AvgIpc) is 3.16. The average molecular weight is 333 g/mol. The molecule has 0 radical (unpaired) electrons. The lowest BCUT2D eigenvalue weighted by Crippen LogP contribution is -2.42. The van der Waals surface area contributed by atoms with E-state index in [2.05, 4.69) is 15.1 Å². The summed E-state index contributed by atoms with van der Waals surface area (Å²) in [5, 5.41) is 3.69. The van der Waals surface area contributed by atoms with E-state index in [0.29, 0.717) is 17.6 Å². The summed E-state index contributed by atoms with van der Waals surface area (Å²) in [4.78, 5) is 22.6. The molecule has 3 heterocycles. The molecule has 130 valence electrons. The fourth-order valence-corrected chi connectivity index (χ4v) is 3.03. The van der Waals surface area contributed by atoms with Gasteiger partial charge in [0, 0.05) is 39.0 Å². The fourth-order valence-electron chi connectivity index (χ4n) is 3.03. The molecule has 1 aliphatic rings. The van der Waals surface area contributed by atoms with Crippen LogP contribution in [0.1, 0.15) is 30.4 Å². The summed E-state index contributed by atoms with van der Waals surface area (Å²) in [6, 6.07) is 0. The van der Waals surface area contributed by atoms with Crippen LogP contribution >= 0.6 is 0 Å². The third-order valence-corrected chi connectivity index (χ3v) is 4.28. The van der Waals surface area contributed by atoms with E-state index < -0.39 is 0 Å². The molecule has 0 spiro atoms. The molecule has 0 aliphatic carbocycles. The molecule has 8 nitrogen and oxygen atoms in total. The van der Waals surface area contributed by atoms with E-state index in [9.17, 15) is 4.79 Å². The molecular weight excluding hydrogens is 310 g/mol. The minimum Gasteiger partial charge on any atom is -0.362 e. The van der Waals surface area contributed by atoms with E-state index in [4.69, 9.17) is 9.26 Å². The number of piperidine rings is 1. The molecule has 0 bridgehead atoms. The molecule has 0 N–H and O–H groups in total. The highest BCUT2D eigenvalue weighted by Crippen LogP contribution is 2.20. The Morgan fingerprint density at radius 1 is 1.50 bits per heavy atom. The molecule has 2 aromatic heterocycles. The highest BCUT2D eigenvalue weighted by Gasteiger charge is 2.24. The second kappa shape index (κ2) is 7.57. The molecule has 0 saturated carbocycles. The van der Waals surface area contributed by atoms with Crippen LogP contribution in [0, 0.1) is 12.8 Å². The van der Waals surface area contributed by atoms with Crippen LogP contribution in [-0.4, -0.2) is 50.2 Å². The van der Waals surface area contributed by atoms with Gasteiger partial charge in [-0.25, -0.2) is 4.98 Å². The van der Waals surface area contributed by atoms with Gasteiger partial charge < -0.3 is 18.7 Å². The van der Waals surface area contributed by atoms with Crippen molar-refractivity contribution in [2.24, 2.45) is 13.0 Å². The number of hydrogen-bond acceptors (Lipinski definition) is 6. The number of likely N-dealkylation sites (tertiary alicyclic amines) is 1. The Balaban J connectivity index is 1.45. The summed E-state index contributed by atoms with van der Waals surface area (Å²) < 4.78 is 12.4. The van der Waals surface area contributed by atoms with Gasteiger partial charge in [0.05, 0.1) is 0 Å². The van der Waals surface area contributed by atoms with Crippen molar-refractivity contribution >= 4 is 5.91 Å². The zero-order chi connectivity index (χ0) is 16.9. The minimum absolute atomic E-state index is 0.00998. The van der Waals surface area contributed by atoms with Gasteiger partial charge in [0.25, 0.3) is 5.89 Å². The summed E-state index contributed by atoms with van der Waals surface area (Å²) in [6.45, 7) is 3.49. The van der Waals surface area contributed by atoms with Crippen LogP contribution in [0.2, 0.25) is 0 Å².